The summed E-state index contributed by atoms with van der Waals surface area (Å²) in [6.45, 7) is 4.93. The van der Waals surface area contributed by atoms with Crippen LogP contribution in [0.15, 0.2) is 24.7 Å². The Morgan fingerprint density at radius 3 is 2.83 bits per heavy atom. The maximum Gasteiger partial charge on any atom is 0.255 e. The van der Waals surface area contributed by atoms with E-state index in [0.717, 1.165) is 51.0 Å². The van der Waals surface area contributed by atoms with Crippen molar-refractivity contribution in [3.05, 3.63) is 30.2 Å². The highest BCUT2D eigenvalue weighted by atomic mass is 16.5. The van der Waals surface area contributed by atoms with Crippen LogP contribution in [0.2, 0.25) is 0 Å². The summed E-state index contributed by atoms with van der Waals surface area (Å²) in [7, 11) is 1.89. The number of rotatable bonds is 7. The van der Waals surface area contributed by atoms with E-state index in [1.807, 2.05) is 35.9 Å². The van der Waals surface area contributed by atoms with Gasteiger partial charge < -0.3 is 14.5 Å². The number of hydrogen-bond donors (Lipinski definition) is 0. The molecule has 0 N–H and O–H groups in total. The van der Waals surface area contributed by atoms with E-state index in [2.05, 4.69) is 10.2 Å². The zero-order chi connectivity index (χ0) is 20.4. The molecule has 2 atom stereocenters. The summed E-state index contributed by atoms with van der Waals surface area (Å²) in [4.78, 5) is 29.0. The van der Waals surface area contributed by atoms with Crippen LogP contribution >= 0.6 is 0 Å². The monoisotopic (exact) mass is 399 g/mol. The molecule has 1 saturated carbocycles. The molecule has 1 aliphatic heterocycles. The lowest BCUT2D eigenvalue weighted by atomic mass is 9.93. The van der Waals surface area contributed by atoms with E-state index in [9.17, 15) is 9.59 Å². The third kappa shape index (κ3) is 4.42. The Bertz CT molecular complexity index is 874. The highest BCUT2D eigenvalue weighted by molar-refractivity contribution is 5.94. The Balaban J connectivity index is 1.22. The van der Waals surface area contributed by atoms with Crippen molar-refractivity contribution in [2.75, 3.05) is 33.3 Å². The fourth-order valence-electron chi connectivity index (χ4n) is 4.16. The van der Waals surface area contributed by atoms with Crippen LogP contribution in [-0.4, -0.2) is 75.6 Å². The highest BCUT2D eigenvalue weighted by Gasteiger charge is 2.45. The van der Waals surface area contributed by atoms with Crippen LogP contribution in [0.3, 0.4) is 0 Å². The fourth-order valence-corrected chi connectivity index (χ4v) is 4.16. The molecule has 2 unspecified atom stereocenters. The van der Waals surface area contributed by atoms with Gasteiger partial charge in [0, 0.05) is 39.5 Å². The number of pyridine rings is 1. The third-order valence-corrected chi connectivity index (χ3v) is 6.12. The molecule has 2 amide bonds. The van der Waals surface area contributed by atoms with Gasteiger partial charge in [0.05, 0.1) is 17.6 Å². The van der Waals surface area contributed by atoms with Crippen molar-refractivity contribution in [1.29, 1.82) is 0 Å². The van der Waals surface area contributed by atoms with Gasteiger partial charge in [-0.1, -0.05) is 0 Å². The van der Waals surface area contributed by atoms with Gasteiger partial charge >= 0.3 is 0 Å². The van der Waals surface area contributed by atoms with Gasteiger partial charge in [-0.25, -0.2) is 0 Å². The third-order valence-electron chi connectivity index (χ3n) is 6.12. The lowest BCUT2D eigenvalue weighted by Crippen LogP contribution is -2.39. The molecule has 0 aromatic carbocycles. The molecule has 0 bridgehead atoms. The molecule has 1 saturated heterocycles. The number of ether oxygens (including phenoxy) is 1. The maximum absolute atomic E-state index is 12.8. The van der Waals surface area contributed by atoms with Crippen molar-refractivity contribution in [3.63, 3.8) is 0 Å². The second kappa shape index (κ2) is 8.49. The van der Waals surface area contributed by atoms with Crippen molar-refractivity contribution in [3.8, 4) is 0 Å². The van der Waals surface area contributed by atoms with Crippen LogP contribution < -0.4 is 0 Å². The summed E-state index contributed by atoms with van der Waals surface area (Å²) in [5.41, 5.74) is 1.40. The minimum Gasteiger partial charge on any atom is -0.378 e. The van der Waals surface area contributed by atoms with E-state index in [0.29, 0.717) is 18.1 Å². The van der Waals surface area contributed by atoms with Crippen molar-refractivity contribution in [1.82, 2.24) is 24.4 Å². The summed E-state index contributed by atoms with van der Waals surface area (Å²) in [6.07, 6.45) is 7.33. The topological polar surface area (TPSA) is 80.0 Å². The molecule has 0 spiro atoms. The summed E-state index contributed by atoms with van der Waals surface area (Å²) < 4.78 is 7.29. The quantitative estimate of drug-likeness (QED) is 0.710. The number of carbonyl (C=O) groups excluding carboxylic acids is 2. The Kier molecular flexibility index (Phi) is 5.80. The van der Waals surface area contributed by atoms with Gasteiger partial charge in [-0.05, 0) is 50.7 Å². The number of hydrogen-bond acceptors (Lipinski definition) is 5. The minimum atomic E-state index is 0.0574. The average Bonchev–Trinajstić information content (AvgIpc) is 3.35. The summed E-state index contributed by atoms with van der Waals surface area (Å²) in [6, 6.07) is 3.63. The van der Waals surface area contributed by atoms with Gasteiger partial charge in [-0.2, -0.15) is 0 Å². The molecule has 4 rings (SSSR count). The van der Waals surface area contributed by atoms with E-state index in [4.69, 9.17) is 4.74 Å². The van der Waals surface area contributed by atoms with E-state index < -0.39 is 0 Å². The summed E-state index contributed by atoms with van der Waals surface area (Å²) in [5, 5.41) is 7.82. The molecule has 156 valence electrons. The average molecular weight is 399 g/mol. The Morgan fingerprint density at radius 2 is 2.07 bits per heavy atom. The predicted octanol–water partition coefficient (Wildman–Crippen LogP) is 1.85. The second-order valence-electron chi connectivity index (χ2n) is 8.13. The number of carbonyl (C=O) groups is 2. The number of nitrogens with zero attached hydrogens (tertiary/aromatic N) is 5. The Labute approximate surface area is 170 Å². The molecule has 3 heterocycles. The van der Waals surface area contributed by atoms with E-state index >= 15 is 0 Å². The lowest BCUT2D eigenvalue weighted by molar-refractivity contribution is -0.132. The zero-order valence-corrected chi connectivity index (χ0v) is 17.2. The van der Waals surface area contributed by atoms with Crippen molar-refractivity contribution < 1.29 is 14.3 Å². The van der Waals surface area contributed by atoms with Crippen LogP contribution in [-0.2, 0) is 9.53 Å². The largest absolute Gasteiger partial charge is 0.378 e. The Morgan fingerprint density at radius 1 is 1.28 bits per heavy atom. The number of amides is 2. The second-order valence-corrected chi connectivity index (χ2v) is 8.13. The van der Waals surface area contributed by atoms with Crippen molar-refractivity contribution >= 4 is 17.5 Å². The molecule has 2 aromatic heterocycles. The SMILES string of the molecule is CCOC1CC1C(=O)N(C)CCC1CCN(C(=O)c2ccc3nncn3c2)CC1. The molecular formula is C21H29N5O3. The van der Waals surface area contributed by atoms with Gasteiger partial charge in [0.15, 0.2) is 5.65 Å². The molecule has 29 heavy (non-hydrogen) atoms. The molecule has 2 aliphatic rings. The van der Waals surface area contributed by atoms with E-state index in [1.165, 1.54) is 0 Å². The first kappa shape index (κ1) is 19.8. The Hall–Kier alpha value is -2.48. The van der Waals surface area contributed by atoms with Gasteiger partial charge in [0.1, 0.15) is 6.33 Å². The summed E-state index contributed by atoms with van der Waals surface area (Å²) in [5.74, 6) is 0.876. The molecule has 1 aliphatic carbocycles. The maximum atomic E-state index is 12.8. The smallest absolute Gasteiger partial charge is 0.255 e. The number of likely N-dealkylation sites (tertiary alicyclic amines) is 1. The van der Waals surface area contributed by atoms with Crippen LogP contribution in [0.1, 0.15) is 43.0 Å². The highest BCUT2D eigenvalue weighted by Crippen LogP contribution is 2.35. The standard InChI is InChI=1S/C21H29N5O3/c1-3-29-18-12-17(18)21(28)24(2)9-6-15-7-10-25(11-8-15)20(27)16-4-5-19-23-22-14-26(19)13-16/h4-5,13-15,17-18H,3,6-12H2,1-2H3. The van der Waals surface area contributed by atoms with Crippen LogP contribution in [0.5, 0.6) is 0 Å². The van der Waals surface area contributed by atoms with Gasteiger partial charge in [0.2, 0.25) is 5.91 Å². The van der Waals surface area contributed by atoms with E-state index in [1.54, 1.807) is 16.9 Å². The predicted molar refractivity (Wildman–Crippen MR) is 107 cm³/mol. The van der Waals surface area contributed by atoms with Crippen LogP contribution in [0.25, 0.3) is 5.65 Å². The van der Waals surface area contributed by atoms with Crippen LogP contribution in [0, 0.1) is 11.8 Å². The molecule has 2 aromatic rings. The van der Waals surface area contributed by atoms with Crippen molar-refractivity contribution in [2.45, 2.75) is 38.7 Å². The minimum absolute atomic E-state index is 0.0574. The lowest BCUT2D eigenvalue weighted by Gasteiger charge is -2.33. The van der Waals surface area contributed by atoms with Crippen LogP contribution in [0.4, 0.5) is 0 Å². The first-order valence-electron chi connectivity index (χ1n) is 10.5. The first-order valence-corrected chi connectivity index (χ1v) is 10.5. The number of aromatic nitrogens is 3. The summed E-state index contributed by atoms with van der Waals surface area (Å²) >= 11 is 0. The molecule has 2 fully saturated rings. The molecule has 8 nitrogen and oxygen atoms in total. The normalized spacial score (nSPS) is 22.1. The molecule has 8 heteroatoms. The zero-order valence-electron chi connectivity index (χ0n) is 17.2. The van der Waals surface area contributed by atoms with Crippen molar-refractivity contribution in [2.24, 2.45) is 11.8 Å². The number of fused-ring (bicyclic) bond motifs is 1. The molecule has 0 radical (unpaired) electrons. The van der Waals surface area contributed by atoms with E-state index in [-0.39, 0.29) is 23.8 Å². The van der Waals surface area contributed by atoms with Gasteiger partial charge in [-0.3, -0.25) is 14.0 Å². The van der Waals surface area contributed by atoms with Gasteiger partial charge in [-0.15, -0.1) is 10.2 Å². The first-order chi connectivity index (χ1) is 14.1. The fraction of sp³-hybridized carbons (Fsp3) is 0.619. The molecular weight excluding hydrogens is 370 g/mol. The van der Waals surface area contributed by atoms with Gasteiger partial charge in [0.25, 0.3) is 5.91 Å². The number of piperidine rings is 1.